The van der Waals surface area contributed by atoms with Gasteiger partial charge in [0.05, 0.1) is 5.25 Å². The van der Waals surface area contributed by atoms with Gasteiger partial charge in [-0.05, 0) is 25.7 Å². The second-order valence-electron chi connectivity index (χ2n) is 4.48. The van der Waals surface area contributed by atoms with Gasteiger partial charge in [-0.15, -0.1) is 0 Å². The van der Waals surface area contributed by atoms with Crippen LogP contribution in [0.2, 0.25) is 0 Å². The normalized spacial score (nSPS) is 18.1. The van der Waals surface area contributed by atoms with Crippen molar-refractivity contribution in [2.24, 2.45) is 0 Å². The van der Waals surface area contributed by atoms with Crippen molar-refractivity contribution in [2.75, 3.05) is 13.2 Å². The van der Waals surface area contributed by atoms with Gasteiger partial charge in [-0.2, -0.15) is 0 Å². The van der Waals surface area contributed by atoms with Crippen LogP contribution in [0.25, 0.3) is 0 Å². The molecule has 96 valence electrons. The number of aliphatic hydroxyl groups excluding tert-OH is 1. The molecule has 0 spiro atoms. The molecule has 0 aromatic heterocycles. The molecule has 1 rings (SSSR count). The molecule has 0 heterocycles. The van der Waals surface area contributed by atoms with Gasteiger partial charge < -0.3 is 5.11 Å². The second-order valence-corrected chi connectivity index (χ2v) is 6.53. The summed E-state index contributed by atoms with van der Waals surface area (Å²) in [5.41, 5.74) is 0. The number of hydrogen-bond donors (Lipinski definition) is 2. The molecule has 16 heavy (non-hydrogen) atoms. The molecule has 1 aliphatic rings. The molecule has 5 heteroatoms. The van der Waals surface area contributed by atoms with Crippen molar-refractivity contribution in [1.29, 1.82) is 0 Å². The van der Waals surface area contributed by atoms with E-state index in [1.165, 1.54) is 0 Å². The Morgan fingerprint density at radius 3 is 2.31 bits per heavy atom. The van der Waals surface area contributed by atoms with Crippen molar-refractivity contribution in [3.8, 4) is 0 Å². The highest BCUT2D eigenvalue weighted by molar-refractivity contribution is 7.90. The summed E-state index contributed by atoms with van der Waals surface area (Å²) in [5.74, 6) is 0. The third-order valence-corrected chi connectivity index (χ3v) is 5.08. The van der Waals surface area contributed by atoms with Crippen molar-refractivity contribution in [3.63, 3.8) is 0 Å². The van der Waals surface area contributed by atoms with Gasteiger partial charge in [-0.3, -0.25) is 0 Å². The van der Waals surface area contributed by atoms with Gasteiger partial charge in [-0.1, -0.05) is 25.7 Å². The molecule has 0 aliphatic heterocycles. The molecule has 1 aliphatic carbocycles. The predicted octanol–water partition coefficient (Wildman–Crippen LogP) is 1.40. The molecule has 1 saturated carbocycles. The lowest BCUT2D eigenvalue weighted by molar-refractivity contribution is 0.282. The lowest BCUT2D eigenvalue weighted by Crippen LogP contribution is -2.33. The van der Waals surface area contributed by atoms with Crippen molar-refractivity contribution in [2.45, 2.75) is 56.6 Å². The van der Waals surface area contributed by atoms with E-state index in [4.69, 9.17) is 5.11 Å². The summed E-state index contributed by atoms with van der Waals surface area (Å²) in [4.78, 5) is 0. The van der Waals surface area contributed by atoms with Crippen molar-refractivity contribution in [3.05, 3.63) is 0 Å². The Labute approximate surface area is 98.5 Å². The number of hydrogen-bond acceptors (Lipinski definition) is 3. The Hall–Kier alpha value is -0.130. The van der Waals surface area contributed by atoms with Gasteiger partial charge in [0.15, 0.2) is 0 Å². The molecule has 0 atom stereocenters. The Balaban J connectivity index is 2.11. The summed E-state index contributed by atoms with van der Waals surface area (Å²) >= 11 is 0. The first-order chi connectivity index (χ1) is 7.67. The third kappa shape index (κ3) is 4.80. The largest absolute Gasteiger partial charge is 0.396 e. The SMILES string of the molecule is O=S(=O)(NCCCCCCO)C1CCCC1. The second kappa shape index (κ2) is 7.25. The number of aliphatic hydroxyl groups is 1. The standard InChI is InChI=1S/C11H23NO3S/c13-10-6-2-1-5-9-12-16(14,15)11-7-3-4-8-11/h11-13H,1-10H2. The fourth-order valence-electron chi connectivity index (χ4n) is 2.12. The minimum absolute atomic E-state index is 0.148. The lowest BCUT2D eigenvalue weighted by Gasteiger charge is -2.11. The van der Waals surface area contributed by atoms with Gasteiger partial charge in [-0.25, -0.2) is 13.1 Å². The van der Waals surface area contributed by atoms with E-state index in [1.807, 2.05) is 0 Å². The van der Waals surface area contributed by atoms with Crippen LogP contribution in [0.1, 0.15) is 51.4 Å². The van der Waals surface area contributed by atoms with Crippen LogP contribution in [0, 0.1) is 0 Å². The van der Waals surface area contributed by atoms with Crippen molar-refractivity contribution >= 4 is 10.0 Å². The molecule has 0 aromatic rings. The quantitative estimate of drug-likeness (QED) is 0.639. The smallest absolute Gasteiger partial charge is 0.214 e. The van der Waals surface area contributed by atoms with Crippen molar-refractivity contribution < 1.29 is 13.5 Å². The third-order valence-electron chi connectivity index (χ3n) is 3.13. The van der Waals surface area contributed by atoms with Crippen LogP contribution in [-0.2, 0) is 10.0 Å². The molecule has 0 bridgehead atoms. The van der Waals surface area contributed by atoms with Gasteiger partial charge in [0.25, 0.3) is 0 Å². The van der Waals surface area contributed by atoms with Crippen LogP contribution >= 0.6 is 0 Å². The minimum atomic E-state index is -3.05. The number of sulfonamides is 1. The first-order valence-corrected chi connectivity index (χ1v) is 7.81. The summed E-state index contributed by atoms with van der Waals surface area (Å²) in [6, 6.07) is 0. The summed E-state index contributed by atoms with van der Waals surface area (Å²) in [6.45, 7) is 0.776. The minimum Gasteiger partial charge on any atom is -0.396 e. The number of nitrogens with one attached hydrogen (secondary N) is 1. The first-order valence-electron chi connectivity index (χ1n) is 6.26. The van der Waals surface area contributed by atoms with E-state index in [2.05, 4.69) is 4.72 Å². The topological polar surface area (TPSA) is 66.4 Å². The molecule has 0 aromatic carbocycles. The first kappa shape index (κ1) is 13.9. The van der Waals surface area contributed by atoms with E-state index in [-0.39, 0.29) is 11.9 Å². The summed E-state index contributed by atoms with van der Waals surface area (Å²) in [5, 5.41) is 8.44. The molecular formula is C11H23NO3S. The average Bonchev–Trinajstić information content (AvgIpc) is 2.77. The average molecular weight is 249 g/mol. The Kier molecular flexibility index (Phi) is 6.31. The molecule has 0 radical (unpaired) electrons. The highest BCUT2D eigenvalue weighted by atomic mass is 32.2. The van der Waals surface area contributed by atoms with Crippen LogP contribution in [0.5, 0.6) is 0 Å². The highest BCUT2D eigenvalue weighted by Crippen LogP contribution is 2.23. The molecule has 2 N–H and O–H groups in total. The van der Waals surface area contributed by atoms with E-state index in [9.17, 15) is 8.42 Å². The van der Waals surface area contributed by atoms with Crippen LogP contribution in [0.3, 0.4) is 0 Å². The highest BCUT2D eigenvalue weighted by Gasteiger charge is 2.27. The van der Waals surface area contributed by atoms with Gasteiger partial charge in [0, 0.05) is 13.2 Å². The monoisotopic (exact) mass is 249 g/mol. The molecule has 0 amide bonds. The van der Waals surface area contributed by atoms with E-state index in [0.717, 1.165) is 51.4 Å². The Morgan fingerprint density at radius 2 is 1.69 bits per heavy atom. The van der Waals surface area contributed by atoms with Crippen LogP contribution in [0.4, 0.5) is 0 Å². The summed E-state index contributed by atoms with van der Waals surface area (Å²) < 4.78 is 26.2. The number of unbranched alkanes of at least 4 members (excludes halogenated alkanes) is 3. The van der Waals surface area contributed by atoms with E-state index in [1.54, 1.807) is 0 Å². The molecular weight excluding hydrogens is 226 g/mol. The lowest BCUT2D eigenvalue weighted by atomic mass is 10.2. The van der Waals surface area contributed by atoms with Gasteiger partial charge in [0.2, 0.25) is 10.0 Å². The maximum atomic E-state index is 11.8. The molecule has 0 saturated heterocycles. The zero-order valence-electron chi connectivity index (χ0n) is 9.82. The van der Waals surface area contributed by atoms with E-state index in [0.29, 0.717) is 6.54 Å². The summed E-state index contributed by atoms with van der Waals surface area (Å²) in [7, 11) is -3.05. The fraction of sp³-hybridized carbons (Fsp3) is 1.00. The Bertz CT molecular complexity index is 271. The van der Waals surface area contributed by atoms with Crippen LogP contribution in [0.15, 0.2) is 0 Å². The molecule has 1 fully saturated rings. The maximum Gasteiger partial charge on any atom is 0.214 e. The van der Waals surface area contributed by atoms with Gasteiger partial charge in [0.1, 0.15) is 0 Å². The zero-order valence-corrected chi connectivity index (χ0v) is 10.6. The number of rotatable bonds is 8. The van der Waals surface area contributed by atoms with Crippen molar-refractivity contribution in [1.82, 2.24) is 4.72 Å². The predicted molar refractivity (Wildman–Crippen MR) is 64.7 cm³/mol. The Morgan fingerprint density at radius 1 is 1.06 bits per heavy atom. The maximum absolute atomic E-state index is 11.8. The fourth-order valence-corrected chi connectivity index (χ4v) is 3.74. The van der Waals surface area contributed by atoms with Crippen LogP contribution in [-0.4, -0.2) is 31.9 Å². The van der Waals surface area contributed by atoms with E-state index >= 15 is 0 Å². The zero-order chi connectivity index (χ0) is 11.9. The van der Waals surface area contributed by atoms with Crippen LogP contribution < -0.4 is 4.72 Å². The molecule has 4 nitrogen and oxygen atoms in total. The van der Waals surface area contributed by atoms with E-state index < -0.39 is 10.0 Å². The summed E-state index contributed by atoms with van der Waals surface area (Å²) in [6.07, 6.45) is 7.36. The van der Waals surface area contributed by atoms with Gasteiger partial charge >= 0.3 is 0 Å². The molecule has 0 unspecified atom stereocenters.